The maximum absolute atomic E-state index is 12.9. The van der Waals surface area contributed by atoms with Crippen molar-refractivity contribution in [2.45, 2.75) is 6.18 Å². The van der Waals surface area contributed by atoms with Gasteiger partial charge in [0.15, 0.2) is 0 Å². The number of halogens is 3. The van der Waals surface area contributed by atoms with Crippen molar-refractivity contribution in [3.05, 3.63) is 17.8 Å². The number of anilines is 1. The fourth-order valence-electron chi connectivity index (χ4n) is 2.86. The molecule has 0 radical (unpaired) electrons. The van der Waals surface area contributed by atoms with E-state index in [0.29, 0.717) is 32.0 Å². The van der Waals surface area contributed by atoms with E-state index in [0.717, 1.165) is 19.3 Å². The van der Waals surface area contributed by atoms with Crippen molar-refractivity contribution in [3.8, 4) is 5.75 Å². The first-order valence-corrected chi connectivity index (χ1v) is 7.76. The molecule has 1 amide bonds. The standard InChI is InChI=1S/C15H19F3N4O2/c1-24-12-6-13(20-9-11(12)15(16,17)18)21-2-4-22(5-3-21)14(23)10-7-19-8-10/h6,9-10,19H,2-5,7-8H2,1H3. The molecule has 1 N–H and O–H groups in total. The molecule has 9 heteroatoms. The molecule has 2 aliphatic rings. The van der Waals surface area contributed by atoms with Crippen LogP contribution < -0.4 is 15.0 Å². The van der Waals surface area contributed by atoms with Gasteiger partial charge in [-0.05, 0) is 0 Å². The predicted molar refractivity (Wildman–Crippen MR) is 80.9 cm³/mol. The van der Waals surface area contributed by atoms with Crippen LogP contribution in [0.5, 0.6) is 5.75 Å². The fourth-order valence-corrected chi connectivity index (χ4v) is 2.86. The first-order valence-electron chi connectivity index (χ1n) is 7.76. The number of piperazine rings is 1. The molecule has 1 aromatic rings. The van der Waals surface area contributed by atoms with Gasteiger partial charge in [0.1, 0.15) is 17.1 Å². The van der Waals surface area contributed by atoms with Gasteiger partial charge in [0, 0.05) is 51.5 Å². The zero-order valence-electron chi connectivity index (χ0n) is 13.3. The molecule has 132 valence electrons. The number of hydrogen-bond donors (Lipinski definition) is 1. The van der Waals surface area contributed by atoms with Gasteiger partial charge >= 0.3 is 6.18 Å². The SMILES string of the molecule is COc1cc(N2CCN(C(=O)C3CNC3)CC2)ncc1C(F)(F)F. The van der Waals surface area contributed by atoms with Gasteiger partial charge in [-0.2, -0.15) is 13.2 Å². The van der Waals surface area contributed by atoms with Crippen molar-refractivity contribution in [1.29, 1.82) is 0 Å². The van der Waals surface area contributed by atoms with Gasteiger partial charge < -0.3 is 19.9 Å². The van der Waals surface area contributed by atoms with Crippen molar-refractivity contribution in [1.82, 2.24) is 15.2 Å². The minimum Gasteiger partial charge on any atom is -0.496 e. The third-order valence-electron chi connectivity index (χ3n) is 4.42. The van der Waals surface area contributed by atoms with Crippen LogP contribution in [0, 0.1) is 5.92 Å². The summed E-state index contributed by atoms with van der Waals surface area (Å²) < 4.78 is 43.5. The number of carbonyl (C=O) groups excluding carboxylic acids is 1. The molecule has 2 fully saturated rings. The van der Waals surface area contributed by atoms with E-state index in [2.05, 4.69) is 10.3 Å². The Balaban J connectivity index is 1.67. The van der Waals surface area contributed by atoms with Crippen LogP contribution in [0.4, 0.5) is 19.0 Å². The van der Waals surface area contributed by atoms with Gasteiger partial charge in [0.25, 0.3) is 0 Å². The molecule has 0 aromatic carbocycles. The number of carbonyl (C=O) groups is 1. The van der Waals surface area contributed by atoms with Crippen molar-refractivity contribution in [2.75, 3.05) is 51.3 Å². The lowest BCUT2D eigenvalue weighted by Crippen LogP contribution is -2.56. The van der Waals surface area contributed by atoms with E-state index in [-0.39, 0.29) is 17.6 Å². The Kier molecular flexibility index (Phi) is 4.53. The third kappa shape index (κ3) is 3.26. The van der Waals surface area contributed by atoms with E-state index in [1.807, 2.05) is 9.80 Å². The largest absolute Gasteiger partial charge is 0.496 e. The van der Waals surface area contributed by atoms with E-state index in [1.165, 1.54) is 13.2 Å². The lowest BCUT2D eigenvalue weighted by Gasteiger charge is -2.39. The number of pyridine rings is 1. The molecule has 0 unspecified atom stereocenters. The smallest absolute Gasteiger partial charge is 0.421 e. The van der Waals surface area contributed by atoms with E-state index in [1.54, 1.807) is 0 Å². The molecule has 2 saturated heterocycles. The summed E-state index contributed by atoms with van der Waals surface area (Å²) in [7, 11) is 1.21. The molecule has 0 bridgehead atoms. The highest BCUT2D eigenvalue weighted by Crippen LogP contribution is 2.37. The van der Waals surface area contributed by atoms with Gasteiger partial charge in [-0.25, -0.2) is 4.98 Å². The molecular weight excluding hydrogens is 325 g/mol. The summed E-state index contributed by atoms with van der Waals surface area (Å²) in [5.41, 5.74) is -0.889. The van der Waals surface area contributed by atoms with Gasteiger partial charge in [0.2, 0.25) is 5.91 Å². The second-order valence-corrected chi connectivity index (χ2v) is 5.91. The predicted octanol–water partition coefficient (Wildman–Crippen LogP) is 0.977. The van der Waals surface area contributed by atoms with E-state index < -0.39 is 11.7 Å². The highest BCUT2D eigenvalue weighted by Gasteiger charge is 2.36. The molecule has 24 heavy (non-hydrogen) atoms. The second kappa shape index (κ2) is 6.46. The lowest BCUT2D eigenvalue weighted by atomic mass is 10.0. The Morgan fingerprint density at radius 1 is 1.29 bits per heavy atom. The normalized spacial score (nSPS) is 19.2. The number of aromatic nitrogens is 1. The molecule has 1 aromatic heterocycles. The van der Waals surface area contributed by atoms with Crippen molar-refractivity contribution >= 4 is 11.7 Å². The summed E-state index contributed by atoms with van der Waals surface area (Å²) in [5, 5.41) is 3.07. The zero-order valence-corrected chi connectivity index (χ0v) is 13.3. The fraction of sp³-hybridized carbons (Fsp3) is 0.600. The third-order valence-corrected chi connectivity index (χ3v) is 4.42. The van der Waals surface area contributed by atoms with Crippen LogP contribution in [0.2, 0.25) is 0 Å². The van der Waals surface area contributed by atoms with Crippen molar-refractivity contribution < 1.29 is 22.7 Å². The number of methoxy groups -OCH3 is 1. The summed E-state index contributed by atoms with van der Waals surface area (Å²) in [6.07, 6.45) is -3.70. The number of amides is 1. The first-order chi connectivity index (χ1) is 11.4. The Labute approximate surface area is 137 Å². The maximum Gasteiger partial charge on any atom is 0.421 e. The van der Waals surface area contributed by atoms with Gasteiger partial charge in [-0.3, -0.25) is 4.79 Å². The van der Waals surface area contributed by atoms with E-state index in [9.17, 15) is 18.0 Å². The number of nitrogens with zero attached hydrogens (tertiary/aromatic N) is 3. The highest BCUT2D eigenvalue weighted by atomic mass is 19.4. The van der Waals surface area contributed by atoms with Crippen LogP contribution in [0.15, 0.2) is 12.3 Å². The molecule has 0 spiro atoms. The Bertz CT molecular complexity index is 611. The van der Waals surface area contributed by atoms with E-state index in [4.69, 9.17) is 4.74 Å². The summed E-state index contributed by atoms with van der Waals surface area (Å²) in [4.78, 5) is 19.8. The molecule has 3 heterocycles. The zero-order chi connectivity index (χ0) is 17.3. The first kappa shape index (κ1) is 16.8. The average Bonchev–Trinajstić information content (AvgIpc) is 2.52. The lowest BCUT2D eigenvalue weighted by molar-refractivity contribution is -0.139. The number of rotatable bonds is 3. The molecule has 6 nitrogen and oxygen atoms in total. The molecule has 3 rings (SSSR count). The number of alkyl halides is 3. The Hall–Kier alpha value is -2.03. The average molecular weight is 344 g/mol. The van der Waals surface area contributed by atoms with Crippen LogP contribution >= 0.6 is 0 Å². The van der Waals surface area contributed by atoms with Crippen molar-refractivity contribution in [2.24, 2.45) is 5.92 Å². The van der Waals surface area contributed by atoms with Crippen LogP contribution in [0.25, 0.3) is 0 Å². The number of nitrogens with one attached hydrogen (secondary N) is 1. The second-order valence-electron chi connectivity index (χ2n) is 5.91. The summed E-state index contributed by atoms with van der Waals surface area (Å²) >= 11 is 0. The molecule has 0 aliphatic carbocycles. The monoisotopic (exact) mass is 344 g/mol. The molecule has 0 saturated carbocycles. The Morgan fingerprint density at radius 3 is 2.46 bits per heavy atom. The van der Waals surface area contributed by atoms with Crippen LogP contribution in [0.1, 0.15) is 5.56 Å². The van der Waals surface area contributed by atoms with Crippen LogP contribution in [-0.2, 0) is 11.0 Å². The maximum atomic E-state index is 12.9. The number of ether oxygens (including phenoxy) is 1. The number of hydrogen-bond acceptors (Lipinski definition) is 5. The van der Waals surface area contributed by atoms with Gasteiger partial charge in [0.05, 0.1) is 13.0 Å². The highest BCUT2D eigenvalue weighted by molar-refractivity contribution is 5.80. The van der Waals surface area contributed by atoms with Gasteiger partial charge in [-0.1, -0.05) is 0 Å². The summed E-state index contributed by atoms with van der Waals surface area (Å²) in [6, 6.07) is 1.30. The van der Waals surface area contributed by atoms with Crippen LogP contribution in [-0.4, -0.2) is 62.2 Å². The van der Waals surface area contributed by atoms with E-state index >= 15 is 0 Å². The quantitative estimate of drug-likeness (QED) is 0.886. The Morgan fingerprint density at radius 2 is 1.96 bits per heavy atom. The summed E-state index contributed by atoms with van der Waals surface area (Å²) in [5.74, 6) is 0.385. The molecular formula is C15H19F3N4O2. The minimum absolute atomic E-state index is 0.0563. The van der Waals surface area contributed by atoms with Crippen LogP contribution in [0.3, 0.4) is 0 Å². The topological polar surface area (TPSA) is 57.7 Å². The summed E-state index contributed by atoms with van der Waals surface area (Å²) in [6.45, 7) is 3.59. The molecule has 0 atom stereocenters. The molecule has 2 aliphatic heterocycles. The van der Waals surface area contributed by atoms with Gasteiger partial charge in [-0.15, -0.1) is 0 Å². The van der Waals surface area contributed by atoms with Crippen molar-refractivity contribution in [3.63, 3.8) is 0 Å². The minimum atomic E-state index is -4.50.